The molecule has 14 heavy (non-hydrogen) atoms. The minimum Gasteiger partial charge on any atom is -0.287 e. The smallest absolute Gasteiger partial charge is 0.213 e. The monoisotopic (exact) mass is 222 g/mol. The Morgan fingerprint density at radius 1 is 1.21 bits per heavy atom. The van der Waals surface area contributed by atoms with Crippen molar-refractivity contribution in [2.45, 2.75) is 13.8 Å². The fraction of sp³-hybridized carbons (Fsp3) is 0.182. The summed E-state index contributed by atoms with van der Waals surface area (Å²) in [6.07, 6.45) is 0. The van der Waals surface area contributed by atoms with Gasteiger partial charge in [-0.15, -0.1) is 22.7 Å². The molecule has 0 atom stereocenters. The molecule has 0 fully saturated rings. The Balaban J connectivity index is 2.38. The fourth-order valence-electron chi connectivity index (χ4n) is 1.27. The summed E-state index contributed by atoms with van der Waals surface area (Å²) in [5, 5.41) is 1.96. The van der Waals surface area contributed by atoms with Gasteiger partial charge in [-0.25, -0.2) is 0 Å². The molecule has 0 N–H and O–H groups in total. The second-order valence-corrected chi connectivity index (χ2v) is 5.38. The van der Waals surface area contributed by atoms with Crippen LogP contribution >= 0.6 is 22.7 Å². The van der Waals surface area contributed by atoms with E-state index in [2.05, 4.69) is 0 Å². The Labute approximate surface area is 91.0 Å². The van der Waals surface area contributed by atoms with E-state index < -0.39 is 0 Å². The highest BCUT2D eigenvalue weighted by atomic mass is 32.1. The second-order valence-electron chi connectivity index (χ2n) is 3.17. The quantitative estimate of drug-likeness (QED) is 0.709. The summed E-state index contributed by atoms with van der Waals surface area (Å²) in [6, 6.07) is 5.88. The Morgan fingerprint density at radius 3 is 2.50 bits per heavy atom. The molecular formula is C11H10OS2. The van der Waals surface area contributed by atoms with Crippen LogP contribution in [-0.2, 0) is 0 Å². The van der Waals surface area contributed by atoms with Crippen LogP contribution in [-0.4, -0.2) is 5.78 Å². The highest BCUT2D eigenvalue weighted by molar-refractivity contribution is 7.16. The number of carbonyl (C=O) groups is 1. The summed E-state index contributed by atoms with van der Waals surface area (Å²) < 4.78 is 0. The van der Waals surface area contributed by atoms with Gasteiger partial charge >= 0.3 is 0 Å². The Bertz CT molecular complexity index is 465. The summed E-state index contributed by atoms with van der Waals surface area (Å²) in [6.45, 7) is 3.99. The van der Waals surface area contributed by atoms with Crippen molar-refractivity contribution in [3.8, 4) is 0 Å². The normalized spacial score (nSPS) is 10.4. The Morgan fingerprint density at radius 2 is 2.00 bits per heavy atom. The first-order chi connectivity index (χ1) is 6.68. The van der Waals surface area contributed by atoms with Crippen LogP contribution in [0.1, 0.15) is 25.0 Å². The molecule has 0 unspecified atom stereocenters. The van der Waals surface area contributed by atoms with Gasteiger partial charge in [-0.1, -0.05) is 0 Å². The molecular weight excluding hydrogens is 212 g/mol. The highest BCUT2D eigenvalue weighted by Gasteiger charge is 2.14. The van der Waals surface area contributed by atoms with Gasteiger partial charge in [0, 0.05) is 4.88 Å². The van der Waals surface area contributed by atoms with Crippen LogP contribution in [0.5, 0.6) is 0 Å². The molecule has 0 bridgehead atoms. The molecule has 0 aliphatic heterocycles. The van der Waals surface area contributed by atoms with Gasteiger partial charge in [0.25, 0.3) is 0 Å². The minimum absolute atomic E-state index is 0.163. The maximum Gasteiger partial charge on any atom is 0.213 e. The Kier molecular flexibility index (Phi) is 2.52. The first-order valence-corrected chi connectivity index (χ1v) is 6.03. The predicted octanol–water partition coefficient (Wildman–Crippen LogP) is 3.66. The van der Waals surface area contributed by atoms with Gasteiger partial charge in [0.2, 0.25) is 5.78 Å². The van der Waals surface area contributed by atoms with Gasteiger partial charge in [-0.05, 0) is 43.0 Å². The van der Waals surface area contributed by atoms with E-state index >= 15 is 0 Å². The number of thiophene rings is 2. The first kappa shape index (κ1) is 9.62. The average Bonchev–Trinajstić information content (AvgIpc) is 2.73. The second kappa shape index (κ2) is 3.67. The molecule has 1 nitrogen and oxygen atoms in total. The van der Waals surface area contributed by atoms with Gasteiger partial charge in [-0.2, -0.15) is 0 Å². The number of rotatable bonds is 2. The zero-order chi connectivity index (χ0) is 10.1. The molecule has 0 aliphatic carbocycles. The summed E-state index contributed by atoms with van der Waals surface area (Å²) >= 11 is 3.08. The van der Waals surface area contributed by atoms with E-state index in [1.54, 1.807) is 11.3 Å². The van der Waals surface area contributed by atoms with E-state index in [4.69, 9.17) is 0 Å². The number of aryl methyl sites for hydroxylation is 2. The number of carbonyl (C=O) groups excluding carboxylic acids is 1. The van der Waals surface area contributed by atoms with Crippen molar-refractivity contribution >= 4 is 28.5 Å². The van der Waals surface area contributed by atoms with Gasteiger partial charge in [0.15, 0.2) is 0 Å². The number of ketones is 1. The lowest BCUT2D eigenvalue weighted by molar-refractivity contribution is 0.104. The van der Waals surface area contributed by atoms with Crippen LogP contribution < -0.4 is 0 Å². The zero-order valence-electron chi connectivity index (χ0n) is 8.03. The van der Waals surface area contributed by atoms with Crippen LogP contribution in [0.2, 0.25) is 0 Å². The van der Waals surface area contributed by atoms with Crippen molar-refractivity contribution in [1.82, 2.24) is 0 Å². The molecule has 0 aliphatic rings. The molecule has 3 heteroatoms. The van der Waals surface area contributed by atoms with Crippen LogP contribution in [0.15, 0.2) is 23.6 Å². The third kappa shape index (κ3) is 1.65. The molecule has 2 aromatic rings. The molecule has 0 spiro atoms. The molecule has 0 aromatic carbocycles. The maximum absolute atomic E-state index is 12.0. The molecule has 0 saturated carbocycles. The molecule has 0 radical (unpaired) electrons. The van der Waals surface area contributed by atoms with E-state index in [1.165, 1.54) is 16.2 Å². The fourth-order valence-corrected chi connectivity index (χ4v) is 3.03. The molecule has 0 amide bonds. The van der Waals surface area contributed by atoms with Crippen molar-refractivity contribution in [2.75, 3.05) is 0 Å². The van der Waals surface area contributed by atoms with Gasteiger partial charge < -0.3 is 0 Å². The lowest BCUT2D eigenvalue weighted by Crippen LogP contribution is -1.96. The van der Waals surface area contributed by atoms with E-state index in [0.717, 1.165) is 15.3 Å². The molecule has 2 rings (SSSR count). The lowest BCUT2D eigenvalue weighted by atomic mass is 10.2. The summed E-state index contributed by atoms with van der Waals surface area (Å²) in [5.74, 6) is 0.163. The van der Waals surface area contributed by atoms with E-state index in [-0.39, 0.29) is 5.78 Å². The van der Waals surface area contributed by atoms with Crippen LogP contribution in [0.3, 0.4) is 0 Å². The topological polar surface area (TPSA) is 17.1 Å². The van der Waals surface area contributed by atoms with Crippen molar-refractivity contribution in [3.05, 3.63) is 43.8 Å². The van der Waals surface area contributed by atoms with E-state index in [1.807, 2.05) is 37.4 Å². The van der Waals surface area contributed by atoms with E-state index in [0.29, 0.717) is 0 Å². The van der Waals surface area contributed by atoms with Crippen molar-refractivity contribution in [2.24, 2.45) is 0 Å². The van der Waals surface area contributed by atoms with Gasteiger partial charge in [0.05, 0.1) is 9.75 Å². The summed E-state index contributed by atoms with van der Waals surface area (Å²) in [7, 11) is 0. The highest BCUT2D eigenvalue weighted by Crippen LogP contribution is 2.24. The molecule has 72 valence electrons. The average molecular weight is 222 g/mol. The van der Waals surface area contributed by atoms with Crippen molar-refractivity contribution in [3.63, 3.8) is 0 Å². The maximum atomic E-state index is 12.0. The van der Waals surface area contributed by atoms with Crippen molar-refractivity contribution in [1.29, 1.82) is 0 Å². The Hall–Kier alpha value is -0.930. The predicted molar refractivity (Wildman–Crippen MR) is 61.5 cm³/mol. The number of hydrogen-bond acceptors (Lipinski definition) is 3. The van der Waals surface area contributed by atoms with Gasteiger partial charge in [-0.3, -0.25) is 4.79 Å². The largest absolute Gasteiger partial charge is 0.287 e. The third-order valence-electron chi connectivity index (χ3n) is 2.03. The number of hydrogen-bond donors (Lipinski definition) is 0. The molecule has 2 heterocycles. The van der Waals surface area contributed by atoms with E-state index in [9.17, 15) is 4.79 Å². The van der Waals surface area contributed by atoms with Gasteiger partial charge in [0.1, 0.15) is 0 Å². The minimum atomic E-state index is 0.163. The molecule has 0 saturated heterocycles. The van der Waals surface area contributed by atoms with Crippen LogP contribution in [0, 0.1) is 13.8 Å². The summed E-state index contributed by atoms with van der Waals surface area (Å²) in [5.41, 5.74) is 1.08. The SMILES string of the molecule is Cc1ccc(C(=O)c2sccc2C)s1. The van der Waals surface area contributed by atoms with Crippen LogP contribution in [0.25, 0.3) is 0 Å². The summed E-state index contributed by atoms with van der Waals surface area (Å²) in [4.78, 5) is 14.9. The molecule has 2 aromatic heterocycles. The van der Waals surface area contributed by atoms with Crippen molar-refractivity contribution < 1.29 is 4.79 Å². The zero-order valence-corrected chi connectivity index (χ0v) is 9.67. The lowest BCUT2D eigenvalue weighted by Gasteiger charge is -1.94. The third-order valence-corrected chi connectivity index (χ3v) is 4.05. The standard InChI is InChI=1S/C11H10OS2/c1-7-5-6-13-11(7)10(12)9-4-3-8(2)14-9/h3-6H,1-2H3. The first-order valence-electron chi connectivity index (χ1n) is 4.33. The van der Waals surface area contributed by atoms with Crippen LogP contribution in [0.4, 0.5) is 0 Å².